The van der Waals surface area contributed by atoms with Gasteiger partial charge >= 0.3 is 0 Å². The molecule has 0 aliphatic heterocycles. The van der Waals surface area contributed by atoms with Crippen LogP contribution in [0.5, 0.6) is 0 Å². The van der Waals surface area contributed by atoms with Crippen molar-refractivity contribution in [1.29, 1.82) is 0 Å². The van der Waals surface area contributed by atoms with Gasteiger partial charge in [0.15, 0.2) is 0 Å². The van der Waals surface area contributed by atoms with Crippen LogP contribution in [-0.4, -0.2) is 17.8 Å². The lowest BCUT2D eigenvalue weighted by Crippen LogP contribution is -2.09. The van der Waals surface area contributed by atoms with Crippen molar-refractivity contribution in [3.8, 4) is 0 Å². The van der Waals surface area contributed by atoms with E-state index >= 15 is 0 Å². The number of benzene rings is 2. The Kier molecular flexibility index (Phi) is 6.72. The quantitative estimate of drug-likeness (QED) is 0.740. The first-order chi connectivity index (χ1) is 10.3. The molecule has 2 nitrogen and oxygen atoms in total. The predicted octanol–water partition coefficient (Wildman–Crippen LogP) is 4.06. The molecule has 2 rings (SSSR count). The maximum absolute atomic E-state index is 9.89. The van der Waals surface area contributed by atoms with Gasteiger partial charge in [0, 0.05) is 6.61 Å². The highest BCUT2D eigenvalue weighted by Crippen LogP contribution is 2.06. The fourth-order valence-electron chi connectivity index (χ4n) is 2.03. The molecule has 1 atom stereocenters. The van der Waals surface area contributed by atoms with Crippen LogP contribution in [0.4, 0.5) is 0 Å². The number of aliphatic hydroxyl groups is 1. The molecule has 2 aromatic rings. The molecule has 21 heavy (non-hydrogen) atoms. The van der Waals surface area contributed by atoms with Crippen LogP contribution in [0.1, 0.15) is 24.0 Å². The molecule has 0 bridgehead atoms. The van der Waals surface area contributed by atoms with Crippen molar-refractivity contribution < 1.29 is 9.84 Å². The Balaban J connectivity index is 1.59. The zero-order chi connectivity index (χ0) is 14.8. The summed E-state index contributed by atoms with van der Waals surface area (Å²) in [7, 11) is 0. The van der Waals surface area contributed by atoms with Crippen molar-refractivity contribution in [1.82, 2.24) is 0 Å². The Morgan fingerprint density at radius 2 is 1.62 bits per heavy atom. The summed E-state index contributed by atoms with van der Waals surface area (Å²) < 4.78 is 5.57. The molecule has 110 valence electrons. The smallest absolute Gasteiger partial charge is 0.0716 e. The maximum atomic E-state index is 9.89. The first-order valence-corrected chi connectivity index (χ1v) is 7.36. The van der Waals surface area contributed by atoms with E-state index in [-0.39, 0.29) is 6.10 Å². The van der Waals surface area contributed by atoms with E-state index < -0.39 is 0 Å². The summed E-state index contributed by atoms with van der Waals surface area (Å²) in [6.07, 6.45) is 5.02. The standard InChI is InChI=1S/C19H22O2/c20-19(13-7-12-17-8-3-1-4-9-17)14-15-21-16-18-10-5-2-6-11-18/h1-12,19-20H,13-16H2. The molecule has 0 aliphatic rings. The summed E-state index contributed by atoms with van der Waals surface area (Å²) in [5.74, 6) is 0. The van der Waals surface area contributed by atoms with Gasteiger partial charge < -0.3 is 9.84 Å². The number of hydrogen-bond donors (Lipinski definition) is 1. The monoisotopic (exact) mass is 282 g/mol. The van der Waals surface area contributed by atoms with Crippen LogP contribution in [0.15, 0.2) is 66.7 Å². The van der Waals surface area contributed by atoms with Gasteiger partial charge in [-0.2, -0.15) is 0 Å². The van der Waals surface area contributed by atoms with Crippen LogP contribution in [0.25, 0.3) is 6.08 Å². The molecule has 0 radical (unpaired) electrons. The Morgan fingerprint density at radius 3 is 2.33 bits per heavy atom. The normalized spacial score (nSPS) is 12.6. The van der Waals surface area contributed by atoms with Crippen molar-refractivity contribution in [2.45, 2.75) is 25.6 Å². The van der Waals surface area contributed by atoms with Gasteiger partial charge in [0.05, 0.1) is 12.7 Å². The van der Waals surface area contributed by atoms with Crippen molar-refractivity contribution in [2.24, 2.45) is 0 Å². The van der Waals surface area contributed by atoms with Crippen LogP contribution < -0.4 is 0 Å². The van der Waals surface area contributed by atoms with E-state index in [0.717, 1.165) is 11.1 Å². The molecule has 0 heterocycles. The lowest BCUT2D eigenvalue weighted by Gasteiger charge is -2.08. The van der Waals surface area contributed by atoms with Gasteiger partial charge in [-0.25, -0.2) is 0 Å². The summed E-state index contributed by atoms with van der Waals surface area (Å²) in [4.78, 5) is 0. The lowest BCUT2D eigenvalue weighted by atomic mass is 10.1. The lowest BCUT2D eigenvalue weighted by molar-refractivity contribution is 0.0746. The van der Waals surface area contributed by atoms with Crippen molar-refractivity contribution >= 4 is 6.08 Å². The average molecular weight is 282 g/mol. The maximum Gasteiger partial charge on any atom is 0.0716 e. The van der Waals surface area contributed by atoms with Crippen LogP contribution >= 0.6 is 0 Å². The topological polar surface area (TPSA) is 29.5 Å². The zero-order valence-corrected chi connectivity index (χ0v) is 12.2. The van der Waals surface area contributed by atoms with Crippen LogP contribution in [0.3, 0.4) is 0 Å². The predicted molar refractivity (Wildman–Crippen MR) is 86.8 cm³/mol. The van der Waals surface area contributed by atoms with E-state index in [0.29, 0.717) is 26.1 Å². The van der Waals surface area contributed by atoms with Gasteiger partial charge in [-0.1, -0.05) is 72.8 Å². The third-order valence-electron chi connectivity index (χ3n) is 3.22. The summed E-state index contributed by atoms with van der Waals surface area (Å²) in [5, 5.41) is 9.89. The minimum Gasteiger partial charge on any atom is -0.393 e. The zero-order valence-electron chi connectivity index (χ0n) is 12.2. The molecule has 1 unspecified atom stereocenters. The van der Waals surface area contributed by atoms with Gasteiger partial charge in [0.2, 0.25) is 0 Å². The summed E-state index contributed by atoms with van der Waals surface area (Å²) in [6, 6.07) is 20.2. The molecule has 0 spiro atoms. The molecule has 0 saturated carbocycles. The van der Waals surface area contributed by atoms with Gasteiger partial charge in [0.1, 0.15) is 0 Å². The Bertz CT molecular complexity index is 520. The summed E-state index contributed by atoms with van der Waals surface area (Å²) in [5.41, 5.74) is 2.32. The summed E-state index contributed by atoms with van der Waals surface area (Å²) >= 11 is 0. The van der Waals surface area contributed by atoms with Gasteiger partial charge in [-0.3, -0.25) is 0 Å². The van der Waals surface area contributed by atoms with E-state index in [1.54, 1.807) is 0 Å². The van der Waals surface area contributed by atoms with E-state index in [2.05, 4.69) is 0 Å². The fraction of sp³-hybridized carbons (Fsp3) is 0.263. The highest BCUT2D eigenvalue weighted by molar-refractivity contribution is 5.48. The minimum absolute atomic E-state index is 0.347. The fourth-order valence-corrected chi connectivity index (χ4v) is 2.03. The Labute approximate surface area is 126 Å². The first kappa shape index (κ1) is 15.5. The first-order valence-electron chi connectivity index (χ1n) is 7.36. The Morgan fingerprint density at radius 1 is 0.952 bits per heavy atom. The molecule has 0 fully saturated rings. The second-order valence-electron chi connectivity index (χ2n) is 5.03. The SMILES string of the molecule is OC(CC=Cc1ccccc1)CCOCc1ccccc1. The number of hydrogen-bond acceptors (Lipinski definition) is 2. The largest absolute Gasteiger partial charge is 0.393 e. The Hall–Kier alpha value is -1.90. The van der Waals surface area contributed by atoms with Crippen LogP contribution in [0, 0.1) is 0 Å². The highest BCUT2D eigenvalue weighted by Gasteiger charge is 2.01. The average Bonchev–Trinajstić information content (AvgIpc) is 2.54. The molecule has 0 aromatic heterocycles. The van der Waals surface area contributed by atoms with Gasteiger partial charge in [-0.05, 0) is 24.0 Å². The van der Waals surface area contributed by atoms with Gasteiger partial charge in [0.25, 0.3) is 0 Å². The van der Waals surface area contributed by atoms with E-state index in [4.69, 9.17) is 4.74 Å². The molecule has 0 aliphatic carbocycles. The second kappa shape index (κ2) is 9.11. The molecular formula is C19H22O2. The number of rotatable bonds is 8. The molecular weight excluding hydrogens is 260 g/mol. The van der Waals surface area contributed by atoms with E-state index in [1.807, 2.05) is 72.8 Å². The van der Waals surface area contributed by atoms with Crippen LogP contribution in [-0.2, 0) is 11.3 Å². The molecule has 1 N–H and O–H groups in total. The number of aliphatic hydroxyl groups excluding tert-OH is 1. The third kappa shape index (κ3) is 6.39. The van der Waals surface area contributed by atoms with Crippen molar-refractivity contribution in [3.05, 3.63) is 77.9 Å². The molecule has 2 heteroatoms. The van der Waals surface area contributed by atoms with E-state index in [9.17, 15) is 5.11 Å². The number of ether oxygens (including phenoxy) is 1. The van der Waals surface area contributed by atoms with Gasteiger partial charge in [-0.15, -0.1) is 0 Å². The molecule has 2 aromatic carbocycles. The van der Waals surface area contributed by atoms with E-state index in [1.165, 1.54) is 0 Å². The highest BCUT2D eigenvalue weighted by atomic mass is 16.5. The van der Waals surface area contributed by atoms with Crippen molar-refractivity contribution in [3.63, 3.8) is 0 Å². The van der Waals surface area contributed by atoms with Crippen LogP contribution in [0.2, 0.25) is 0 Å². The summed E-state index contributed by atoms with van der Waals surface area (Å²) in [6.45, 7) is 1.18. The minimum atomic E-state index is -0.347. The second-order valence-corrected chi connectivity index (χ2v) is 5.03. The van der Waals surface area contributed by atoms with Crippen molar-refractivity contribution in [2.75, 3.05) is 6.61 Å². The third-order valence-corrected chi connectivity index (χ3v) is 3.22. The molecule has 0 amide bonds. The molecule has 0 saturated heterocycles.